The number of H-pyrrole nitrogens is 1. The predicted octanol–water partition coefficient (Wildman–Crippen LogP) is 2.74. The average Bonchev–Trinajstić information content (AvgIpc) is 2.51. The molecular formula is C15H12IN3O2. The highest BCUT2D eigenvalue weighted by atomic mass is 127. The van der Waals surface area contributed by atoms with E-state index in [2.05, 4.69) is 15.0 Å². The van der Waals surface area contributed by atoms with E-state index < -0.39 is 0 Å². The maximum absolute atomic E-state index is 12.0. The van der Waals surface area contributed by atoms with Crippen molar-refractivity contribution in [3.05, 3.63) is 56.0 Å². The number of nitrogens with zero attached hydrogens (tertiary/aromatic N) is 2. The van der Waals surface area contributed by atoms with E-state index >= 15 is 0 Å². The maximum Gasteiger partial charge on any atom is 0.265 e. The predicted molar refractivity (Wildman–Crippen MR) is 89.0 cm³/mol. The van der Waals surface area contributed by atoms with Crippen LogP contribution in [0.1, 0.15) is 5.69 Å². The molecule has 5 nitrogen and oxygen atoms in total. The molecule has 0 unspecified atom stereocenters. The number of nitrogens with one attached hydrogen (secondary N) is 1. The third-order valence-electron chi connectivity index (χ3n) is 3.05. The molecule has 0 fully saturated rings. The van der Waals surface area contributed by atoms with Gasteiger partial charge in [0.1, 0.15) is 9.26 Å². The largest absolute Gasteiger partial charge is 0.378 e. The molecule has 0 atom stereocenters. The van der Waals surface area contributed by atoms with Crippen molar-refractivity contribution >= 4 is 33.5 Å². The van der Waals surface area contributed by atoms with Gasteiger partial charge in [-0.2, -0.15) is 0 Å². The van der Waals surface area contributed by atoms with Gasteiger partial charge in [0.25, 0.3) is 5.56 Å². The fourth-order valence-corrected chi connectivity index (χ4v) is 2.47. The second kappa shape index (κ2) is 5.90. The molecule has 2 heterocycles. The van der Waals surface area contributed by atoms with Crippen LogP contribution in [0, 0.1) is 3.57 Å². The lowest BCUT2D eigenvalue weighted by molar-refractivity contribution is 0.180. The summed E-state index contributed by atoms with van der Waals surface area (Å²) in [6, 6.07) is 11.6. The summed E-state index contributed by atoms with van der Waals surface area (Å²) in [5, 5.41) is 1.05. The van der Waals surface area contributed by atoms with Crippen LogP contribution in [0.15, 0.2) is 41.2 Å². The van der Waals surface area contributed by atoms with Crippen molar-refractivity contribution in [2.75, 3.05) is 7.11 Å². The van der Waals surface area contributed by atoms with Gasteiger partial charge in [0, 0.05) is 12.5 Å². The molecule has 0 radical (unpaired) electrons. The Kier molecular flexibility index (Phi) is 3.98. The maximum atomic E-state index is 12.0. The number of para-hydroxylation sites is 1. The number of pyridine rings is 1. The first-order valence-electron chi connectivity index (χ1n) is 6.33. The van der Waals surface area contributed by atoms with Gasteiger partial charge in [0.15, 0.2) is 5.82 Å². The number of benzene rings is 1. The number of fused-ring (bicyclic) bond motifs is 1. The van der Waals surface area contributed by atoms with Gasteiger partial charge in [-0.25, -0.2) is 9.97 Å². The number of ether oxygens (including phenoxy) is 1. The van der Waals surface area contributed by atoms with Gasteiger partial charge in [0.05, 0.1) is 17.8 Å². The number of methoxy groups -OCH3 is 1. The first-order chi connectivity index (χ1) is 10.2. The van der Waals surface area contributed by atoms with Crippen LogP contribution in [-0.2, 0) is 11.3 Å². The molecule has 3 rings (SSSR count). The molecule has 3 aromatic rings. The molecule has 0 bridgehead atoms. The Labute approximate surface area is 134 Å². The van der Waals surface area contributed by atoms with Gasteiger partial charge in [-0.3, -0.25) is 4.79 Å². The second-order valence-corrected chi connectivity index (χ2v) is 5.58. The molecule has 0 amide bonds. The van der Waals surface area contributed by atoms with Crippen LogP contribution in [0.4, 0.5) is 0 Å². The minimum atomic E-state index is -0.178. The smallest absolute Gasteiger partial charge is 0.265 e. The number of hydrogen-bond donors (Lipinski definition) is 1. The van der Waals surface area contributed by atoms with Crippen molar-refractivity contribution in [1.82, 2.24) is 15.0 Å². The van der Waals surface area contributed by atoms with Crippen LogP contribution < -0.4 is 5.56 Å². The third kappa shape index (κ3) is 2.81. The Morgan fingerprint density at radius 1 is 1.19 bits per heavy atom. The summed E-state index contributed by atoms with van der Waals surface area (Å²) >= 11 is 1.97. The van der Waals surface area contributed by atoms with Gasteiger partial charge in [-0.1, -0.05) is 24.3 Å². The first-order valence-corrected chi connectivity index (χ1v) is 7.40. The van der Waals surface area contributed by atoms with E-state index in [0.29, 0.717) is 27.4 Å². The lowest BCUT2D eigenvalue weighted by atomic mass is 10.2. The molecule has 21 heavy (non-hydrogen) atoms. The van der Waals surface area contributed by atoms with Crippen molar-refractivity contribution in [2.45, 2.75) is 6.61 Å². The monoisotopic (exact) mass is 393 g/mol. The van der Waals surface area contributed by atoms with E-state index in [-0.39, 0.29) is 5.56 Å². The minimum Gasteiger partial charge on any atom is -0.378 e. The SMILES string of the molecule is COCc1nc(-c2ccc3ccccc3n2)[nH]c(=O)c1I. The zero-order valence-electron chi connectivity index (χ0n) is 11.3. The minimum absolute atomic E-state index is 0.178. The van der Waals surface area contributed by atoms with E-state index in [9.17, 15) is 4.79 Å². The molecule has 0 saturated heterocycles. The van der Waals surface area contributed by atoms with Gasteiger partial charge in [-0.05, 0) is 34.7 Å². The van der Waals surface area contributed by atoms with Crippen LogP contribution in [0.2, 0.25) is 0 Å². The number of aromatic amines is 1. The molecule has 2 aromatic heterocycles. The van der Waals surface area contributed by atoms with E-state index in [1.54, 1.807) is 7.11 Å². The number of halogens is 1. The number of aromatic nitrogens is 3. The van der Waals surface area contributed by atoms with Crippen LogP contribution in [0.25, 0.3) is 22.4 Å². The Balaban J connectivity index is 2.15. The normalized spacial score (nSPS) is 11.0. The standard InChI is InChI=1S/C15H12IN3O2/c1-21-8-12-13(16)15(20)19-14(18-12)11-7-6-9-4-2-3-5-10(9)17-11/h2-7H,8H2,1H3,(H,18,19,20). The highest BCUT2D eigenvalue weighted by Gasteiger charge is 2.11. The molecule has 0 saturated carbocycles. The quantitative estimate of drug-likeness (QED) is 0.695. The second-order valence-electron chi connectivity index (χ2n) is 4.50. The van der Waals surface area contributed by atoms with Crippen molar-refractivity contribution in [1.29, 1.82) is 0 Å². The summed E-state index contributed by atoms with van der Waals surface area (Å²) in [6.07, 6.45) is 0. The van der Waals surface area contributed by atoms with E-state index in [4.69, 9.17) is 4.74 Å². The Morgan fingerprint density at radius 2 is 2.00 bits per heavy atom. The third-order valence-corrected chi connectivity index (χ3v) is 4.17. The summed E-state index contributed by atoms with van der Waals surface area (Å²) in [5.74, 6) is 0.457. The number of rotatable bonds is 3. The zero-order chi connectivity index (χ0) is 14.8. The topological polar surface area (TPSA) is 67.9 Å². The van der Waals surface area contributed by atoms with Gasteiger partial charge < -0.3 is 9.72 Å². The van der Waals surface area contributed by atoms with Crippen LogP contribution in [0.3, 0.4) is 0 Å². The van der Waals surface area contributed by atoms with Crippen molar-refractivity contribution in [3.63, 3.8) is 0 Å². The van der Waals surface area contributed by atoms with Gasteiger partial charge >= 0.3 is 0 Å². The summed E-state index contributed by atoms with van der Waals surface area (Å²) in [6.45, 7) is 0.294. The highest BCUT2D eigenvalue weighted by Crippen LogP contribution is 2.18. The van der Waals surface area contributed by atoms with E-state index in [1.807, 2.05) is 59.0 Å². The average molecular weight is 393 g/mol. The summed E-state index contributed by atoms with van der Waals surface area (Å²) in [5.41, 5.74) is 1.94. The molecule has 0 spiro atoms. The lowest BCUT2D eigenvalue weighted by Crippen LogP contribution is -2.17. The lowest BCUT2D eigenvalue weighted by Gasteiger charge is -2.06. The number of hydrogen-bond acceptors (Lipinski definition) is 4. The summed E-state index contributed by atoms with van der Waals surface area (Å²) in [4.78, 5) is 23.7. The highest BCUT2D eigenvalue weighted by molar-refractivity contribution is 14.1. The molecule has 6 heteroatoms. The Hall–Kier alpha value is -1.80. The molecular weight excluding hydrogens is 381 g/mol. The van der Waals surface area contributed by atoms with Crippen LogP contribution in [0.5, 0.6) is 0 Å². The van der Waals surface area contributed by atoms with Gasteiger partial charge in [0.2, 0.25) is 0 Å². The van der Waals surface area contributed by atoms with Crippen molar-refractivity contribution < 1.29 is 4.74 Å². The summed E-state index contributed by atoms with van der Waals surface area (Å²) < 4.78 is 5.63. The fraction of sp³-hybridized carbons (Fsp3) is 0.133. The van der Waals surface area contributed by atoms with Gasteiger partial charge in [-0.15, -0.1) is 0 Å². The van der Waals surface area contributed by atoms with Crippen LogP contribution >= 0.6 is 22.6 Å². The molecule has 0 aliphatic heterocycles. The molecule has 0 aliphatic rings. The molecule has 1 N–H and O–H groups in total. The molecule has 106 valence electrons. The molecule has 1 aromatic carbocycles. The summed E-state index contributed by atoms with van der Waals surface area (Å²) in [7, 11) is 1.58. The fourth-order valence-electron chi connectivity index (χ4n) is 2.06. The van der Waals surface area contributed by atoms with E-state index in [1.165, 1.54) is 0 Å². The Bertz CT molecular complexity index is 861. The van der Waals surface area contributed by atoms with Crippen LogP contribution in [-0.4, -0.2) is 22.1 Å². The van der Waals surface area contributed by atoms with Crippen molar-refractivity contribution in [2.24, 2.45) is 0 Å². The van der Waals surface area contributed by atoms with Crippen molar-refractivity contribution in [3.8, 4) is 11.5 Å². The first kappa shape index (κ1) is 14.2. The van der Waals surface area contributed by atoms with E-state index in [0.717, 1.165) is 10.9 Å². The molecule has 0 aliphatic carbocycles. The Morgan fingerprint density at radius 3 is 2.81 bits per heavy atom. The zero-order valence-corrected chi connectivity index (χ0v) is 13.4.